The quantitative estimate of drug-likeness (QED) is 0.518. The second kappa shape index (κ2) is 7.99. The van der Waals surface area contributed by atoms with Crippen molar-refractivity contribution in [3.05, 3.63) is 0 Å². The van der Waals surface area contributed by atoms with Gasteiger partial charge in [0.25, 0.3) is 0 Å². The minimum absolute atomic E-state index is 0.0263. The molecule has 3 aliphatic rings. The van der Waals surface area contributed by atoms with Crippen LogP contribution in [-0.2, 0) is 28.6 Å². The van der Waals surface area contributed by atoms with E-state index in [1.807, 2.05) is 11.9 Å². The third kappa shape index (κ3) is 4.33. The summed E-state index contributed by atoms with van der Waals surface area (Å²) in [5.74, 6) is -2.14. The van der Waals surface area contributed by atoms with E-state index in [4.69, 9.17) is 14.2 Å². The molecule has 5 atom stereocenters. The van der Waals surface area contributed by atoms with Crippen LogP contribution in [0.3, 0.4) is 0 Å². The van der Waals surface area contributed by atoms with Crippen molar-refractivity contribution >= 4 is 17.8 Å². The van der Waals surface area contributed by atoms with E-state index >= 15 is 0 Å². The SMILES string of the molecule is CC(OC(=O)[C@H]1[C@@H](C(=O)N2CCN(C)CC2)[C@@H]2CC[C@H]1O2)OC(=O)C(C)(C)C. The molecule has 1 unspecified atom stereocenters. The number of hydrogen-bond donors (Lipinski definition) is 0. The third-order valence-corrected chi connectivity index (χ3v) is 5.81. The monoisotopic (exact) mass is 396 g/mol. The fraction of sp³-hybridized carbons (Fsp3) is 0.850. The van der Waals surface area contributed by atoms with Crippen molar-refractivity contribution in [3.8, 4) is 0 Å². The van der Waals surface area contributed by atoms with Gasteiger partial charge < -0.3 is 24.0 Å². The molecule has 0 saturated carbocycles. The number of nitrogens with zero attached hydrogens (tertiary/aromatic N) is 2. The lowest BCUT2D eigenvalue weighted by Crippen LogP contribution is -2.52. The van der Waals surface area contributed by atoms with Crippen LogP contribution in [0.25, 0.3) is 0 Å². The van der Waals surface area contributed by atoms with Gasteiger partial charge in [-0.2, -0.15) is 0 Å². The number of esters is 2. The molecule has 2 bridgehead atoms. The van der Waals surface area contributed by atoms with Gasteiger partial charge in [0.2, 0.25) is 12.2 Å². The van der Waals surface area contributed by atoms with Crippen molar-refractivity contribution < 1.29 is 28.6 Å². The Balaban J connectivity index is 1.64. The number of rotatable bonds is 4. The molecule has 3 rings (SSSR count). The Morgan fingerprint density at radius 1 is 0.964 bits per heavy atom. The summed E-state index contributed by atoms with van der Waals surface area (Å²) in [6.07, 6.45) is -0.00963. The summed E-state index contributed by atoms with van der Waals surface area (Å²) in [7, 11) is 2.03. The molecule has 3 aliphatic heterocycles. The van der Waals surface area contributed by atoms with Gasteiger partial charge in [0.1, 0.15) is 0 Å². The van der Waals surface area contributed by atoms with Crippen LogP contribution in [0.15, 0.2) is 0 Å². The molecule has 0 aromatic heterocycles. The Hall–Kier alpha value is -1.67. The molecule has 0 spiro atoms. The molecule has 3 saturated heterocycles. The number of ether oxygens (including phenoxy) is 3. The molecule has 28 heavy (non-hydrogen) atoms. The topological polar surface area (TPSA) is 85.4 Å². The summed E-state index contributed by atoms with van der Waals surface area (Å²) >= 11 is 0. The second-order valence-electron chi connectivity index (χ2n) is 9.13. The highest BCUT2D eigenvalue weighted by Crippen LogP contribution is 2.45. The van der Waals surface area contributed by atoms with Crippen LogP contribution in [0.1, 0.15) is 40.5 Å². The summed E-state index contributed by atoms with van der Waals surface area (Å²) < 4.78 is 16.5. The molecule has 0 aliphatic carbocycles. The number of piperazine rings is 1. The molecular weight excluding hydrogens is 364 g/mol. The Kier molecular flexibility index (Phi) is 6.00. The van der Waals surface area contributed by atoms with Crippen molar-refractivity contribution in [2.24, 2.45) is 17.3 Å². The van der Waals surface area contributed by atoms with E-state index in [-0.39, 0.29) is 18.1 Å². The van der Waals surface area contributed by atoms with Crippen LogP contribution in [0.5, 0.6) is 0 Å². The smallest absolute Gasteiger partial charge is 0.315 e. The molecule has 1 amide bonds. The first-order valence-corrected chi connectivity index (χ1v) is 10.1. The molecule has 3 fully saturated rings. The fourth-order valence-corrected chi connectivity index (χ4v) is 4.12. The van der Waals surface area contributed by atoms with Crippen LogP contribution in [-0.4, -0.2) is 79.4 Å². The van der Waals surface area contributed by atoms with Crippen LogP contribution in [0, 0.1) is 17.3 Å². The Morgan fingerprint density at radius 2 is 1.54 bits per heavy atom. The molecule has 8 nitrogen and oxygen atoms in total. The fourth-order valence-electron chi connectivity index (χ4n) is 4.12. The molecule has 158 valence electrons. The predicted octanol–water partition coefficient (Wildman–Crippen LogP) is 1.03. The minimum atomic E-state index is -1.00. The Bertz CT molecular complexity index is 623. The van der Waals surface area contributed by atoms with E-state index in [2.05, 4.69) is 4.90 Å². The lowest BCUT2D eigenvalue weighted by molar-refractivity contribution is -0.195. The standard InChI is InChI=1S/C20H32N2O6/c1-12(27-19(25)20(2,3)4)26-18(24)16-14-7-6-13(28-14)15(16)17(23)22-10-8-21(5)9-11-22/h12-16H,6-11H2,1-5H3/t12?,13-,14+,15-,16+/m0/s1. The van der Waals surface area contributed by atoms with Gasteiger partial charge >= 0.3 is 11.9 Å². The van der Waals surface area contributed by atoms with Crippen LogP contribution in [0.2, 0.25) is 0 Å². The molecule has 0 N–H and O–H groups in total. The number of carbonyl (C=O) groups excluding carboxylic acids is 3. The zero-order valence-corrected chi connectivity index (χ0v) is 17.5. The number of fused-ring (bicyclic) bond motifs is 2. The average Bonchev–Trinajstić information content (AvgIpc) is 3.22. The van der Waals surface area contributed by atoms with E-state index in [1.54, 1.807) is 20.8 Å². The molecule has 0 radical (unpaired) electrons. The first kappa shape index (κ1) is 21.0. The summed E-state index contributed by atoms with van der Waals surface area (Å²) in [6.45, 7) is 9.68. The summed E-state index contributed by atoms with van der Waals surface area (Å²) in [4.78, 5) is 42.0. The van der Waals surface area contributed by atoms with Gasteiger partial charge in [-0.1, -0.05) is 0 Å². The van der Waals surface area contributed by atoms with Crippen molar-refractivity contribution in [2.75, 3.05) is 33.2 Å². The van der Waals surface area contributed by atoms with Gasteiger partial charge in [-0.3, -0.25) is 14.4 Å². The van der Waals surface area contributed by atoms with E-state index in [0.717, 1.165) is 25.9 Å². The van der Waals surface area contributed by atoms with E-state index in [0.29, 0.717) is 13.1 Å². The second-order valence-corrected chi connectivity index (χ2v) is 9.13. The van der Waals surface area contributed by atoms with Crippen LogP contribution in [0.4, 0.5) is 0 Å². The summed E-state index contributed by atoms with van der Waals surface area (Å²) in [6, 6.07) is 0. The Labute approximate surface area is 166 Å². The van der Waals surface area contributed by atoms with E-state index in [1.165, 1.54) is 6.92 Å². The third-order valence-electron chi connectivity index (χ3n) is 5.81. The van der Waals surface area contributed by atoms with Gasteiger partial charge in [0, 0.05) is 33.1 Å². The van der Waals surface area contributed by atoms with E-state index < -0.39 is 35.5 Å². The highest BCUT2D eigenvalue weighted by Gasteiger charge is 2.57. The molecular formula is C20H32N2O6. The number of hydrogen-bond acceptors (Lipinski definition) is 7. The number of amides is 1. The molecule has 0 aromatic carbocycles. The van der Waals surface area contributed by atoms with Gasteiger partial charge in [-0.25, -0.2) is 0 Å². The van der Waals surface area contributed by atoms with Gasteiger partial charge in [-0.05, 0) is 40.7 Å². The highest BCUT2D eigenvalue weighted by molar-refractivity contribution is 5.87. The first-order chi connectivity index (χ1) is 13.1. The summed E-state index contributed by atoms with van der Waals surface area (Å²) in [5, 5.41) is 0. The van der Waals surface area contributed by atoms with Crippen molar-refractivity contribution in [1.82, 2.24) is 9.80 Å². The first-order valence-electron chi connectivity index (χ1n) is 10.1. The zero-order valence-electron chi connectivity index (χ0n) is 17.5. The maximum Gasteiger partial charge on any atom is 0.315 e. The summed E-state index contributed by atoms with van der Waals surface area (Å²) in [5.41, 5.74) is -0.684. The molecule has 0 aromatic rings. The van der Waals surface area contributed by atoms with Gasteiger partial charge in [-0.15, -0.1) is 0 Å². The highest BCUT2D eigenvalue weighted by atomic mass is 16.7. The molecule has 3 heterocycles. The lowest BCUT2D eigenvalue weighted by Gasteiger charge is -2.36. The average molecular weight is 396 g/mol. The van der Waals surface area contributed by atoms with Crippen LogP contribution < -0.4 is 0 Å². The number of likely N-dealkylation sites (N-methyl/N-ethyl adjacent to an activating group) is 1. The largest absolute Gasteiger partial charge is 0.425 e. The Morgan fingerprint density at radius 3 is 2.11 bits per heavy atom. The van der Waals surface area contributed by atoms with E-state index in [9.17, 15) is 14.4 Å². The minimum Gasteiger partial charge on any atom is -0.425 e. The maximum absolute atomic E-state index is 13.1. The van der Waals surface area contributed by atoms with Gasteiger partial charge in [0.15, 0.2) is 0 Å². The van der Waals surface area contributed by atoms with Gasteiger partial charge in [0.05, 0.1) is 29.5 Å². The lowest BCUT2D eigenvalue weighted by atomic mass is 9.78. The maximum atomic E-state index is 13.1. The normalized spacial score (nSPS) is 31.5. The van der Waals surface area contributed by atoms with Crippen molar-refractivity contribution in [3.63, 3.8) is 0 Å². The number of carbonyl (C=O) groups is 3. The van der Waals surface area contributed by atoms with Crippen molar-refractivity contribution in [2.45, 2.75) is 59.0 Å². The molecule has 8 heteroatoms. The predicted molar refractivity (Wildman–Crippen MR) is 100 cm³/mol. The zero-order chi connectivity index (χ0) is 20.6. The van der Waals surface area contributed by atoms with Crippen molar-refractivity contribution in [1.29, 1.82) is 0 Å². The van der Waals surface area contributed by atoms with Crippen LogP contribution >= 0.6 is 0 Å².